The van der Waals surface area contributed by atoms with Crippen LogP contribution in [0.1, 0.15) is 0 Å². The predicted molar refractivity (Wildman–Crippen MR) is 80.7 cm³/mol. The van der Waals surface area contributed by atoms with Gasteiger partial charge in [-0.3, -0.25) is 24.0 Å². The molecule has 2 atom stereocenters. The molecule has 13 nitrogen and oxygen atoms in total. The number of carboxylic acid groups (broad SMARTS) is 1. The quantitative estimate of drug-likeness (QED) is 0.175. The SMILES string of the molecule is NCC(=O)N[C@@H](CO)C(=O)N[C@@H](CO)C(=O)NCC(=O)NCC(=O)O. The van der Waals surface area contributed by atoms with Gasteiger partial charge in [-0.05, 0) is 0 Å². The van der Waals surface area contributed by atoms with E-state index in [1.165, 1.54) is 0 Å². The van der Waals surface area contributed by atoms with Gasteiger partial charge in [-0.25, -0.2) is 0 Å². The lowest BCUT2D eigenvalue weighted by Crippen LogP contribution is -2.57. The first kappa shape index (κ1) is 22.2. The number of aliphatic hydroxyl groups is 2. The fourth-order valence-electron chi connectivity index (χ4n) is 1.44. The molecular formula is C12H21N5O8. The summed E-state index contributed by atoms with van der Waals surface area (Å²) >= 11 is 0. The summed E-state index contributed by atoms with van der Waals surface area (Å²) in [6.07, 6.45) is 0. The summed E-state index contributed by atoms with van der Waals surface area (Å²) in [4.78, 5) is 56.3. The zero-order valence-electron chi connectivity index (χ0n) is 13.2. The van der Waals surface area contributed by atoms with Crippen LogP contribution < -0.4 is 27.0 Å². The van der Waals surface area contributed by atoms with Gasteiger partial charge in [0.15, 0.2) is 0 Å². The summed E-state index contributed by atoms with van der Waals surface area (Å²) in [5.74, 6) is -4.65. The Hall–Kier alpha value is -2.77. The number of nitrogens with two attached hydrogens (primary N) is 1. The standard InChI is InChI=1S/C12H21N5O8/c13-1-8(20)16-7(5-19)12(25)17-6(4-18)11(24)15-2-9(21)14-3-10(22)23/h6-7,18-19H,1-5,13H2,(H,14,21)(H,15,24)(H,16,20)(H,17,25)(H,22,23)/t6-,7-/m0/s1. The van der Waals surface area contributed by atoms with Gasteiger partial charge >= 0.3 is 5.97 Å². The summed E-state index contributed by atoms with van der Waals surface area (Å²) in [6, 6.07) is -2.83. The molecule has 4 amide bonds. The van der Waals surface area contributed by atoms with Crippen molar-refractivity contribution in [2.75, 3.05) is 32.8 Å². The molecule has 0 spiro atoms. The van der Waals surface area contributed by atoms with Crippen LogP contribution in [0.2, 0.25) is 0 Å². The fraction of sp³-hybridized carbons (Fsp3) is 0.583. The molecule has 0 saturated carbocycles. The molecule has 0 aliphatic rings. The number of hydrogen-bond donors (Lipinski definition) is 8. The van der Waals surface area contributed by atoms with Gasteiger partial charge in [0.05, 0.1) is 26.3 Å². The van der Waals surface area contributed by atoms with Gasteiger partial charge in [0.25, 0.3) is 0 Å². The summed E-state index contributed by atoms with van der Waals surface area (Å²) < 4.78 is 0. The van der Waals surface area contributed by atoms with Crippen molar-refractivity contribution in [1.82, 2.24) is 21.3 Å². The minimum absolute atomic E-state index is 0.418. The van der Waals surface area contributed by atoms with Gasteiger partial charge in [-0.15, -0.1) is 0 Å². The fourth-order valence-corrected chi connectivity index (χ4v) is 1.44. The molecule has 0 aromatic carbocycles. The number of nitrogens with one attached hydrogen (secondary N) is 4. The number of carbonyl (C=O) groups is 5. The topological polar surface area (TPSA) is 220 Å². The molecule has 0 aliphatic carbocycles. The lowest BCUT2D eigenvalue weighted by atomic mass is 10.2. The third-order valence-electron chi connectivity index (χ3n) is 2.70. The van der Waals surface area contributed by atoms with Gasteiger partial charge in [0, 0.05) is 0 Å². The Morgan fingerprint density at radius 3 is 1.84 bits per heavy atom. The number of hydrogen-bond acceptors (Lipinski definition) is 8. The molecule has 0 unspecified atom stereocenters. The molecule has 0 fully saturated rings. The van der Waals surface area contributed by atoms with E-state index in [0.717, 1.165) is 0 Å². The van der Waals surface area contributed by atoms with Crippen LogP contribution in [0.3, 0.4) is 0 Å². The van der Waals surface area contributed by atoms with Crippen molar-refractivity contribution in [3.63, 3.8) is 0 Å². The van der Waals surface area contributed by atoms with Crippen LogP contribution >= 0.6 is 0 Å². The van der Waals surface area contributed by atoms with E-state index in [9.17, 15) is 24.0 Å². The second kappa shape index (κ2) is 11.7. The molecule has 0 radical (unpaired) electrons. The highest BCUT2D eigenvalue weighted by molar-refractivity contribution is 5.93. The van der Waals surface area contributed by atoms with Crippen molar-refractivity contribution in [3.8, 4) is 0 Å². The minimum atomic E-state index is -1.45. The van der Waals surface area contributed by atoms with E-state index in [1.54, 1.807) is 0 Å². The third kappa shape index (κ3) is 9.19. The predicted octanol–water partition coefficient (Wildman–Crippen LogP) is -5.78. The highest BCUT2D eigenvalue weighted by Gasteiger charge is 2.25. The van der Waals surface area contributed by atoms with Crippen molar-refractivity contribution >= 4 is 29.6 Å². The normalized spacial score (nSPS) is 12.4. The largest absolute Gasteiger partial charge is 0.480 e. The Morgan fingerprint density at radius 2 is 1.36 bits per heavy atom. The second-order valence-electron chi connectivity index (χ2n) is 4.64. The summed E-state index contributed by atoms with van der Waals surface area (Å²) in [5.41, 5.74) is 5.06. The maximum absolute atomic E-state index is 11.9. The molecule has 0 rings (SSSR count). The van der Waals surface area contributed by atoms with Crippen LogP contribution in [0.5, 0.6) is 0 Å². The lowest BCUT2D eigenvalue weighted by Gasteiger charge is -2.20. The lowest BCUT2D eigenvalue weighted by molar-refractivity contribution is -0.138. The van der Waals surface area contributed by atoms with E-state index in [-0.39, 0.29) is 0 Å². The number of carboxylic acids is 1. The maximum atomic E-state index is 11.9. The Labute approximate surface area is 141 Å². The Morgan fingerprint density at radius 1 is 0.800 bits per heavy atom. The molecule has 0 aromatic rings. The number of aliphatic hydroxyl groups excluding tert-OH is 2. The summed E-state index contributed by atoms with van der Waals surface area (Å²) in [6.45, 7) is -3.22. The first-order chi connectivity index (χ1) is 11.7. The van der Waals surface area contributed by atoms with E-state index >= 15 is 0 Å². The molecule has 0 aliphatic heterocycles. The first-order valence-electron chi connectivity index (χ1n) is 7.02. The Bertz CT molecular complexity index is 512. The van der Waals surface area contributed by atoms with Crippen molar-refractivity contribution in [3.05, 3.63) is 0 Å². The van der Waals surface area contributed by atoms with Gasteiger partial charge in [0.2, 0.25) is 23.6 Å². The number of amides is 4. The molecule has 0 saturated heterocycles. The molecule has 0 aromatic heterocycles. The number of carbonyl (C=O) groups excluding carboxylic acids is 4. The Balaban J connectivity index is 4.52. The van der Waals surface area contributed by atoms with Crippen LogP contribution in [0.15, 0.2) is 0 Å². The zero-order valence-corrected chi connectivity index (χ0v) is 13.2. The van der Waals surface area contributed by atoms with E-state index in [4.69, 9.17) is 21.1 Å². The molecular weight excluding hydrogens is 342 g/mol. The van der Waals surface area contributed by atoms with E-state index in [2.05, 4.69) is 16.0 Å². The van der Waals surface area contributed by atoms with Crippen LogP contribution in [0, 0.1) is 0 Å². The van der Waals surface area contributed by atoms with Crippen molar-refractivity contribution in [2.45, 2.75) is 12.1 Å². The summed E-state index contributed by atoms with van der Waals surface area (Å²) in [5, 5.41) is 34.9. The maximum Gasteiger partial charge on any atom is 0.322 e. The molecule has 142 valence electrons. The molecule has 0 bridgehead atoms. The smallest absolute Gasteiger partial charge is 0.322 e. The van der Waals surface area contributed by atoms with E-state index in [1.807, 2.05) is 5.32 Å². The number of rotatable bonds is 11. The van der Waals surface area contributed by atoms with Crippen LogP contribution in [-0.4, -0.2) is 89.8 Å². The van der Waals surface area contributed by atoms with E-state index in [0.29, 0.717) is 0 Å². The first-order valence-corrected chi connectivity index (χ1v) is 7.02. The van der Waals surface area contributed by atoms with Crippen LogP contribution in [-0.2, 0) is 24.0 Å². The van der Waals surface area contributed by atoms with Crippen molar-refractivity contribution in [2.24, 2.45) is 5.73 Å². The summed E-state index contributed by atoms with van der Waals surface area (Å²) in [7, 11) is 0. The van der Waals surface area contributed by atoms with Gasteiger partial charge in [-0.1, -0.05) is 0 Å². The average Bonchev–Trinajstić information content (AvgIpc) is 2.59. The monoisotopic (exact) mass is 363 g/mol. The van der Waals surface area contributed by atoms with Gasteiger partial charge in [0.1, 0.15) is 18.6 Å². The van der Waals surface area contributed by atoms with Crippen molar-refractivity contribution in [1.29, 1.82) is 0 Å². The van der Waals surface area contributed by atoms with Crippen molar-refractivity contribution < 1.29 is 39.3 Å². The van der Waals surface area contributed by atoms with Crippen LogP contribution in [0.25, 0.3) is 0 Å². The zero-order chi connectivity index (χ0) is 19.4. The van der Waals surface area contributed by atoms with Gasteiger partial charge < -0.3 is 42.3 Å². The molecule has 9 N–H and O–H groups in total. The minimum Gasteiger partial charge on any atom is -0.480 e. The molecule has 13 heteroatoms. The molecule has 25 heavy (non-hydrogen) atoms. The molecule has 0 heterocycles. The van der Waals surface area contributed by atoms with Crippen LogP contribution in [0.4, 0.5) is 0 Å². The highest BCUT2D eigenvalue weighted by Crippen LogP contribution is 1.89. The number of aliphatic carboxylic acids is 1. The Kier molecular flexibility index (Phi) is 10.4. The highest BCUT2D eigenvalue weighted by atomic mass is 16.4. The van der Waals surface area contributed by atoms with E-state index < -0.39 is 74.5 Å². The average molecular weight is 363 g/mol. The second-order valence-corrected chi connectivity index (χ2v) is 4.64. The third-order valence-corrected chi connectivity index (χ3v) is 2.70. The van der Waals surface area contributed by atoms with Gasteiger partial charge in [-0.2, -0.15) is 0 Å².